The monoisotopic (exact) mass is 489 g/mol. The van der Waals surface area contributed by atoms with Crippen LogP contribution in [0.25, 0.3) is 16.3 Å². The minimum absolute atomic E-state index is 0.00507. The van der Waals surface area contributed by atoms with Crippen LogP contribution in [-0.2, 0) is 14.8 Å². The van der Waals surface area contributed by atoms with Crippen LogP contribution in [0.3, 0.4) is 0 Å². The fourth-order valence-corrected chi connectivity index (χ4v) is 6.18. The highest BCUT2D eigenvalue weighted by molar-refractivity contribution is 7.92. The normalized spacial score (nSPS) is 16.1. The van der Waals surface area contributed by atoms with Crippen molar-refractivity contribution in [2.24, 2.45) is 5.92 Å². The first-order valence-electron chi connectivity index (χ1n) is 10.5. The van der Waals surface area contributed by atoms with Crippen molar-refractivity contribution in [1.82, 2.24) is 9.29 Å². The van der Waals surface area contributed by atoms with E-state index in [0.29, 0.717) is 42.6 Å². The Labute approximate surface area is 197 Å². The van der Waals surface area contributed by atoms with Gasteiger partial charge in [-0.2, -0.15) is 4.31 Å². The number of nitrogens with zero attached hydrogens (tertiary/aromatic N) is 3. The summed E-state index contributed by atoms with van der Waals surface area (Å²) < 4.78 is 27.8. The zero-order valence-corrected chi connectivity index (χ0v) is 20.0. The van der Waals surface area contributed by atoms with Gasteiger partial charge in [-0.3, -0.25) is 9.69 Å². The molecule has 6 nitrogen and oxygen atoms in total. The molecule has 1 aromatic heterocycles. The van der Waals surface area contributed by atoms with Gasteiger partial charge in [-0.1, -0.05) is 53.3 Å². The standard InChI is InChI=1S/C23H24ClN3O3S2/c1-2-27(23-25-20-16-19(24)8-9-21(20)31-23)22(28)18-10-13-26(14-11-18)32(29,30)15-12-17-6-4-3-5-7-17/h3-9,12,15-16,18H,2,10-11,13-14H2,1H3/b15-12+. The molecule has 1 amide bonds. The summed E-state index contributed by atoms with van der Waals surface area (Å²) in [7, 11) is -3.52. The highest BCUT2D eigenvalue weighted by Crippen LogP contribution is 2.32. The van der Waals surface area contributed by atoms with Crippen LogP contribution < -0.4 is 4.90 Å². The van der Waals surface area contributed by atoms with Crippen LogP contribution in [0.2, 0.25) is 5.02 Å². The Morgan fingerprint density at radius 1 is 1.22 bits per heavy atom. The van der Waals surface area contributed by atoms with Gasteiger partial charge in [0.2, 0.25) is 15.9 Å². The van der Waals surface area contributed by atoms with Crippen molar-refractivity contribution in [3.8, 4) is 0 Å². The number of benzene rings is 2. The van der Waals surface area contributed by atoms with Gasteiger partial charge in [0.1, 0.15) is 0 Å². The Bertz CT molecular complexity index is 1230. The van der Waals surface area contributed by atoms with Crippen LogP contribution in [0.5, 0.6) is 0 Å². The maximum absolute atomic E-state index is 13.2. The van der Waals surface area contributed by atoms with E-state index in [1.807, 2.05) is 49.4 Å². The van der Waals surface area contributed by atoms with Crippen LogP contribution in [0, 0.1) is 5.92 Å². The summed E-state index contributed by atoms with van der Waals surface area (Å²) in [4.78, 5) is 19.5. The number of halogens is 1. The number of sulfonamides is 1. The Kier molecular flexibility index (Phi) is 6.95. The molecule has 2 heterocycles. The van der Waals surface area contributed by atoms with Crippen molar-refractivity contribution in [3.05, 3.63) is 64.5 Å². The molecule has 0 bridgehead atoms. The first-order valence-corrected chi connectivity index (χ1v) is 13.2. The van der Waals surface area contributed by atoms with E-state index >= 15 is 0 Å². The molecule has 1 saturated heterocycles. The maximum atomic E-state index is 13.2. The van der Waals surface area contributed by atoms with Crippen molar-refractivity contribution < 1.29 is 13.2 Å². The third-order valence-electron chi connectivity index (χ3n) is 5.55. The second-order valence-corrected chi connectivity index (χ2v) is 10.9. The number of hydrogen-bond acceptors (Lipinski definition) is 5. The zero-order chi connectivity index (χ0) is 22.7. The van der Waals surface area contributed by atoms with Gasteiger partial charge in [-0.15, -0.1) is 0 Å². The van der Waals surface area contributed by atoms with Gasteiger partial charge in [0.05, 0.1) is 10.2 Å². The molecule has 3 aromatic rings. The number of piperidine rings is 1. The molecule has 0 radical (unpaired) electrons. The van der Waals surface area contributed by atoms with Gasteiger partial charge in [-0.05, 0) is 49.6 Å². The molecule has 9 heteroatoms. The minimum atomic E-state index is -3.52. The van der Waals surface area contributed by atoms with Crippen molar-refractivity contribution in [2.45, 2.75) is 19.8 Å². The van der Waals surface area contributed by atoms with E-state index in [9.17, 15) is 13.2 Å². The van der Waals surface area contributed by atoms with E-state index < -0.39 is 10.0 Å². The summed E-state index contributed by atoms with van der Waals surface area (Å²) in [6.45, 7) is 3.07. The van der Waals surface area contributed by atoms with Crippen LogP contribution in [0.1, 0.15) is 25.3 Å². The number of aromatic nitrogens is 1. The molecule has 2 aromatic carbocycles. The largest absolute Gasteiger partial charge is 0.288 e. The predicted octanol–water partition coefficient (Wildman–Crippen LogP) is 5.02. The summed E-state index contributed by atoms with van der Waals surface area (Å²) in [5.41, 5.74) is 1.60. The highest BCUT2D eigenvalue weighted by Gasteiger charge is 2.33. The summed E-state index contributed by atoms with van der Waals surface area (Å²) in [5, 5.41) is 2.50. The lowest BCUT2D eigenvalue weighted by Crippen LogP contribution is -2.44. The molecule has 1 fully saturated rings. The highest BCUT2D eigenvalue weighted by atomic mass is 35.5. The Balaban J connectivity index is 1.42. The number of thiazole rings is 1. The second kappa shape index (κ2) is 9.70. The Morgan fingerprint density at radius 2 is 1.94 bits per heavy atom. The third kappa shape index (κ3) is 5.04. The summed E-state index contributed by atoms with van der Waals surface area (Å²) in [5.74, 6) is -0.232. The number of amides is 1. The van der Waals surface area contributed by atoms with Crippen molar-refractivity contribution >= 4 is 60.3 Å². The third-order valence-corrected chi connectivity index (χ3v) is 8.41. The van der Waals surface area contributed by atoms with Crippen LogP contribution >= 0.6 is 22.9 Å². The molecule has 1 aliphatic rings. The van der Waals surface area contributed by atoms with E-state index in [1.165, 1.54) is 21.1 Å². The van der Waals surface area contributed by atoms with Gasteiger partial charge in [0.15, 0.2) is 5.13 Å². The number of rotatable bonds is 6. The maximum Gasteiger partial charge on any atom is 0.236 e. The summed E-state index contributed by atoms with van der Waals surface area (Å²) >= 11 is 7.52. The number of carbonyl (C=O) groups is 1. The molecule has 0 aliphatic carbocycles. The molecule has 32 heavy (non-hydrogen) atoms. The topological polar surface area (TPSA) is 70.6 Å². The van der Waals surface area contributed by atoms with E-state index in [2.05, 4.69) is 4.98 Å². The fourth-order valence-electron chi connectivity index (χ4n) is 3.78. The smallest absolute Gasteiger partial charge is 0.236 e. The van der Waals surface area contributed by atoms with E-state index in [4.69, 9.17) is 11.6 Å². The van der Waals surface area contributed by atoms with Crippen molar-refractivity contribution in [2.75, 3.05) is 24.5 Å². The lowest BCUT2D eigenvalue weighted by molar-refractivity contribution is -0.123. The van der Waals surface area contributed by atoms with E-state index in [-0.39, 0.29) is 11.8 Å². The average Bonchev–Trinajstić information content (AvgIpc) is 3.21. The molecule has 0 atom stereocenters. The van der Waals surface area contributed by atoms with E-state index in [1.54, 1.807) is 17.0 Å². The molecule has 0 N–H and O–H groups in total. The van der Waals surface area contributed by atoms with Gasteiger partial charge in [0.25, 0.3) is 0 Å². The molecule has 168 valence electrons. The van der Waals surface area contributed by atoms with Crippen LogP contribution in [-0.4, -0.2) is 43.2 Å². The number of carbonyl (C=O) groups excluding carboxylic acids is 1. The Morgan fingerprint density at radius 3 is 2.62 bits per heavy atom. The minimum Gasteiger partial charge on any atom is -0.288 e. The Hall–Kier alpha value is -2.26. The molecule has 4 rings (SSSR count). The fraction of sp³-hybridized carbons (Fsp3) is 0.304. The molecule has 0 unspecified atom stereocenters. The SMILES string of the molecule is CCN(C(=O)C1CCN(S(=O)(=O)/C=C/c2ccccc2)CC1)c1nc2cc(Cl)ccc2s1. The first-order chi connectivity index (χ1) is 15.4. The zero-order valence-electron chi connectivity index (χ0n) is 17.6. The summed E-state index contributed by atoms with van der Waals surface area (Å²) in [6, 6.07) is 14.8. The van der Waals surface area contributed by atoms with Gasteiger partial charge < -0.3 is 0 Å². The number of hydrogen-bond donors (Lipinski definition) is 0. The lowest BCUT2D eigenvalue weighted by atomic mass is 9.96. The van der Waals surface area contributed by atoms with Gasteiger partial charge >= 0.3 is 0 Å². The van der Waals surface area contributed by atoms with Crippen molar-refractivity contribution in [1.29, 1.82) is 0 Å². The number of fused-ring (bicyclic) bond motifs is 1. The van der Waals surface area contributed by atoms with Gasteiger partial charge in [-0.25, -0.2) is 13.4 Å². The van der Waals surface area contributed by atoms with E-state index in [0.717, 1.165) is 15.8 Å². The number of anilines is 1. The first kappa shape index (κ1) is 22.9. The van der Waals surface area contributed by atoms with Crippen LogP contribution in [0.4, 0.5) is 5.13 Å². The van der Waals surface area contributed by atoms with Crippen LogP contribution in [0.15, 0.2) is 53.9 Å². The molecular weight excluding hydrogens is 466 g/mol. The van der Waals surface area contributed by atoms with Gasteiger partial charge in [0, 0.05) is 36.0 Å². The molecule has 1 aliphatic heterocycles. The average molecular weight is 490 g/mol. The van der Waals surface area contributed by atoms with Crippen molar-refractivity contribution in [3.63, 3.8) is 0 Å². The second-order valence-electron chi connectivity index (χ2n) is 7.62. The lowest BCUT2D eigenvalue weighted by Gasteiger charge is -2.32. The molecule has 0 saturated carbocycles. The molecular formula is C23H24ClN3O3S2. The summed E-state index contributed by atoms with van der Waals surface area (Å²) in [6.07, 6.45) is 2.58. The quantitative estimate of drug-likeness (QED) is 0.487. The predicted molar refractivity (Wildman–Crippen MR) is 131 cm³/mol. The molecule has 0 spiro atoms.